The van der Waals surface area contributed by atoms with Crippen LogP contribution in [0.3, 0.4) is 0 Å². The average Bonchev–Trinajstić information content (AvgIpc) is 3.01. The number of fused-ring (bicyclic) bond motifs is 1. The molecule has 1 amide bonds. The maximum atomic E-state index is 12.9. The normalized spacial score (nSPS) is 13.7. The Kier molecular flexibility index (Phi) is 9.35. The molecule has 0 bridgehead atoms. The van der Waals surface area contributed by atoms with Gasteiger partial charge in [-0.1, -0.05) is 41.9 Å². The molecular weight excluding hydrogens is 562 g/mol. The molecule has 12 nitrogen and oxygen atoms in total. The Morgan fingerprint density at radius 3 is 2.40 bits per heavy atom. The zero-order chi connectivity index (χ0) is 29.5. The minimum atomic E-state index is -0.538. The number of piperazine rings is 1. The monoisotopic (exact) mass is 593 g/mol. The summed E-state index contributed by atoms with van der Waals surface area (Å²) in [7, 11) is 1.62. The second-order valence-electron chi connectivity index (χ2n) is 9.74. The molecule has 0 aliphatic carbocycles. The summed E-state index contributed by atoms with van der Waals surface area (Å²) < 4.78 is 13.5. The van der Waals surface area contributed by atoms with Gasteiger partial charge in [0.05, 0.1) is 37.1 Å². The number of aromatic nitrogens is 4. The van der Waals surface area contributed by atoms with E-state index in [9.17, 15) is 14.4 Å². The van der Waals surface area contributed by atoms with Crippen LogP contribution >= 0.6 is 11.6 Å². The van der Waals surface area contributed by atoms with Crippen molar-refractivity contribution in [1.29, 1.82) is 0 Å². The number of hydrogen-bond acceptors (Lipinski definition) is 9. The van der Waals surface area contributed by atoms with Crippen molar-refractivity contribution in [2.75, 3.05) is 57.9 Å². The van der Waals surface area contributed by atoms with E-state index in [4.69, 9.17) is 21.1 Å². The molecule has 3 heterocycles. The molecule has 1 N–H and O–H groups in total. The van der Waals surface area contributed by atoms with Crippen molar-refractivity contribution >= 4 is 34.0 Å². The number of hydrogen-bond donors (Lipinski definition) is 1. The lowest BCUT2D eigenvalue weighted by atomic mass is 10.2. The van der Waals surface area contributed by atoms with E-state index in [0.717, 1.165) is 29.7 Å². The van der Waals surface area contributed by atoms with Gasteiger partial charge in [-0.25, -0.2) is 9.36 Å². The van der Waals surface area contributed by atoms with E-state index < -0.39 is 11.5 Å². The predicted octanol–water partition coefficient (Wildman–Crippen LogP) is 1.63. The van der Waals surface area contributed by atoms with Gasteiger partial charge in [0.15, 0.2) is 11.5 Å². The number of nitrogens with zero attached hydrogens (tertiary/aromatic N) is 6. The fourth-order valence-electron chi connectivity index (χ4n) is 4.80. The Balaban J connectivity index is 1.09. The highest BCUT2D eigenvalue weighted by Gasteiger charge is 2.22. The van der Waals surface area contributed by atoms with Crippen LogP contribution in [-0.4, -0.2) is 83.4 Å². The van der Waals surface area contributed by atoms with Gasteiger partial charge in [-0.15, -0.1) is 0 Å². The van der Waals surface area contributed by atoms with E-state index in [0.29, 0.717) is 42.3 Å². The minimum Gasteiger partial charge on any atom is -0.493 e. The SMILES string of the molecule is COc1ccccc1OCCN1CCN(c2cnn(CC(=O)NCCn3ncc4ccccc4c3=O)c(=O)c2Cl)CC1. The van der Waals surface area contributed by atoms with Crippen molar-refractivity contribution in [2.45, 2.75) is 13.1 Å². The van der Waals surface area contributed by atoms with Gasteiger partial charge >= 0.3 is 0 Å². The third-order valence-corrected chi connectivity index (χ3v) is 7.47. The summed E-state index contributed by atoms with van der Waals surface area (Å²) in [5.74, 6) is 0.987. The van der Waals surface area contributed by atoms with Crippen LogP contribution < -0.4 is 30.8 Å². The van der Waals surface area contributed by atoms with E-state index in [-0.39, 0.29) is 30.2 Å². The van der Waals surface area contributed by atoms with Gasteiger partial charge in [0.1, 0.15) is 18.2 Å². The molecule has 1 fully saturated rings. The molecule has 1 saturated heterocycles. The summed E-state index contributed by atoms with van der Waals surface area (Å²) in [5, 5.41) is 12.4. The van der Waals surface area contributed by atoms with Gasteiger partial charge in [-0.2, -0.15) is 10.2 Å². The lowest BCUT2D eigenvalue weighted by Crippen LogP contribution is -2.48. The second kappa shape index (κ2) is 13.5. The van der Waals surface area contributed by atoms with Crippen LogP contribution in [0.25, 0.3) is 10.8 Å². The van der Waals surface area contributed by atoms with Gasteiger partial charge in [0.25, 0.3) is 11.1 Å². The van der Waals surface area contributed by atoms with Gasteiger partial charge in [0.2, 0.25) is 5.91 Å². The molecule has 0 saturated carbocycles. The first-order valence-electron chi connectivity index (χ1n) is 13.6. The molecule has 2 aromatic carbocycles. The molecule has 0 unspecified atom stereocenters. The standard InChI is InChI=1S/C29H32ClN7O5/c1-41-24-8-4-5-9-25(24)42-17-16-34-12-14-35(15-13-34)23-19-33-37(29(40)27(23)30)20-26(38)31-10-11-36-28(39)22-7-3-2-6-21(22)18-32-36/h2-9,18-19H,10-17,20H2,1H3,(H,31,38). The van der Waals surface area contributed by atoms with E-state index in [1.54, 1.807) is 25.4 Å². The Labute approximate surface area is 247 Å². The molecule has 2 aromatic heterocycles. The maximum Gasteiger partial charge on any atom is 0.288 e. The molecule has 0 radical (unpaired) electrons. The van der Waals surface area contributed by atoms with Crippen LogP contribution in [0.5, 0.6) is 11.5 Å². The zero-order valence-corrected chi connectivity index (χ0v) is 24.0. The number of methoxy groups -OCH3 is 1. The van der Waals surface area contributed by atoms with E-state index in [1.807, 2.05) is 41.3 Å². The van der Waals surface area contributed by atoms with Gasteiger partial charge in [-0.3, -0.25) is 19.3 Å². The Morgan fingerprint density at radius 1 is 0.905 bits per heavy atom. The molecule has 0 spiro atoms. The number of carbonyl (C=O) groups excluding carboxylic acids is 1. The van der Waals surface area contributed by atoms with Crippen molar-refractivity contribution in [1.82, 2.24) is 29.8 Å². The van der Waals surface area contributed by atoms with Gasteiger partial charge < -0.3 is 19.7 Å². The molecule has 4 aromatic rings. The zero-order valence-electron chi connectivity index (χ0n) is 23.2. The third kappa shape index (κ3) is 6.72. The Bertz CT molecular complexity index is 1670. The molecular formula is C29H32ClN7O5. The quantitative estimate of drug-likeness (QED) is 0.276. The number of amides is 1. The molecule has 5 rings (SSSR count). The van der Waals surface area contributed by atoms with Gasteiger partial charge in [-0.05, 0) is 18.2 Å². The number of rotatable bonds is 11. The van der Waals surface area contributed by atoms with Crippen molar-refractivity contribution in [3.63, 3.8) is 0 Å². The van der Waals surface area contributed by atoms with Gasteiger partial charge in [0, 0.05) is 44.7 Å². The number of ether oxygens (including phenoxy) is 2. The minimum absolute atomic E-state index is 0.0256. The summed E-state index contributed by atoms with van der Waals surface area (Å²) in [6, 6.07) is 14.7. The molecule has 0 atom stereocenters. The molecule has 220 valence electrons. The molecule has 13 heteroatoms. The largest absolute Gasteiger partial charge is 0.493 e. The first-order chi connectivity index (χ1) is 20.4. The van der Waals surface area contributed by atoms with Crippen molar-refractivity contribution < 1.29 is 14.3 Å². The Hall–Kier alpha value is -4.42. The highest BCUT2D eigenvalue weighted by atomic mass is 35.5. The van der Waals surface area contributed by atoms with Crippen LogP contribution in [0.15, 0.2) is 70.5 Å². The predicted molar refractivity (Wildman–Crippen MR) is 160 cm³/mol. The fraction of sp³-hybridized carbons (Fsp3) is 0.345. The maximum absolute atomic E-state index is 12.9. The number of nitrogens with one attached hydrogen (secondary N) is 1. The number of anilines is 1. The van der Waals surface area contributed by atoms with E-state index in [2.05, 4.69) is 20.4 Å². The number of halogens is 1. The van der Waals surface area contributed by atoms with Crippen LogP contribution in [-0.2, 0) is 17.9 Å². The van der Waals surface area contributed by atoms with Crippen molar-refractivity contribution in [2.24, 2.45) is 0 Å². The van der Waals surface area contributed by atoms with Crippen LogP contribution in [0, 0.1) is 0 Å². The summed E-state index contributed by atoms with van der Waals surface area (Å²) in [6.45, 7) is 4.22. The summed E-state index contributed by atoms with van der Waals surface area (Å²) in [6.07, 6.45) is 3.14. The number of para-hydroxylation sites is 2. The highest BCUT2D eigenvalue weighted by molar-refractivity contribution is 6.33. The Morgan fingerprint density at radius 2 is 1.62 bits per heavy atom. The summed E-state index contributed by atoms with van der Waals surface area (Å²) >= 11 is 6.44. The summed E-state index contributed by atoms with van der Waals surface area (Å²) in [5.41, 5.74) is -0.223. The number of benzene rings is 2. The van der Waals surface area contributed by atoms with Crippen LogP contribution in [0.4, 0.5) is 5.69 Å². The molecule has 1 aliphatic rings. The van der Waals surface area contributed by atoms with E-state index >= 15 is 0 Å². The highest BCUT2D eigenvalue weighted by Crippen LogP contribution is 2.26. The average molecular weight is 594 g/mol. The third-order valence-electron chi connectivity index (χ3n) is 7.11. The topological polar surface area (TPSA) is 124 Å². The first kappa shape index (κ1) is 29.1. The lowest BCUT2D eigenvalue weighted by molar-refractivity contribution is -0.121. The second-order valence-corrected chi connectivity index (χ2v) is 10.1. The molecule has 42 heavy (non-hydrogen) atoms. The summed E-state index contributed by atoms with van der Waals surface area (Å²) in [4.78, 5) is 42.3. The fourth-order valence-corrected chi connectivity index (χ4v) is 5.07. The molecule has 1 aliphatic heterocycles. The lowest BCUT2D eigenvalue weighted by Gasteiger charge is -2.36. The van der Waals surface area contributed by atoms with E-state index in [1.165, 1.54) is 10.9 Å². The van der Waals surface area contributed by atoms with Crippen LogP contribution in [0.1, 0.15) is 0 Å². The van der Waals surface area contributed by atoms with Crippen molar-refractivity contribution in [3.8, 4) is 11.5 Å². The first-order valence-corrected chi connectivity index (χ1v) is 14.0. The number of carbonyl (C=O) groups is 1. The van der Waals surface area contributed by atoms with Crippen LogP contribution in [0.2, 0.25) is 5.02 Å². The van der Waals surface area contributed by atoms with Crippen molar-refractivity contribution in [3.05, 3.63) is 86.7 Å². The smallest absolute Gasteiger partial charge is 0.288 e.